The highest BCUT2D eigenvalue weighted by molar-refractivity contribution is 5.87. The fourth-order valence-electron chi connectivity index (χ4n) is 3.26. The lowest BCUT2D eigenvalue weighted by molar-refractivity contribution is -0.151. The Morgan fingerprint density at radius 3 is 2.56 bits per heavy atom. The maximum absolute atomic E-state index is 11.6. The molecule has 16 heavy (non-hydrogen) atoms. The molecule has 90 valence electrons. The van der Waals surface area contributed by atoms with Gasteiger partial charge in [-0.1, -0.05) is 25.8 Å². The quantitative estimate of drug-likeness (QED) is 0.528. The van der Waals surface area contributed by atoms with Gasteiger partial charge in [-0.25, -0.2) is 4.79 Å². The summed E-state index contributed by atoms with van der Waals surface area (Å²) in [7, 11) is 0. The van der Waals surface area contributed by atoms with E-state index in [0.717, 1.165) is 12.3 Å². The topological polar surface area (TPSA) is 26.3 Å². The molecule has 2 nitrogen and oxygen atoms in total. The van der Waals surface area contributed by atoms with Crippen molar-refractivity contribution in [3.63, 3.8) is 0 Å². The first kappa shape index (κ1) is 11.7. The summed E-state index contributed by atoms with van der Waals surface area (Å²) in [6.45, 7) is 5.38. The van der Waals surface area contributed by atoms with Gasteiger partial charge in [-0.15, -0.1) is 0 Å². The first-order valence-corrected chi connectivity index (χ1v) is 6.55. The third-order valence-electron chi connectivity index (χ3n) is 4.12. The van der Waals surface area contributed by atoms with Crippen molar-refractivity contribution in [2.24, 2.45) is 11.8 Å². The van der Waals surface area contributed by atoms with E-state index in [9.17, 15) is 4.79 Å². The van der Waals surface area contributed by atoms with Gasteiger partial charge in [-0.2, -0.15) is 0 Å². The van der Waals surface area contributed by atoms with Gasteiger partial charge < -0.3 is 4.74 Å². The van der Waals surface area contributed by atoms with Crippen LogP contribution in [0.3, 0.4) is 0 Å². The van der Waals surface area contributed by atoms with Crippen LogP contribution < -0.4 is 0 Å². The van der Waals surface area contributed by atoms with Crippen LogP contribution in [0.5, 0.6) is 0 Å². The predicted molar refractivity (Wildman–Crippen MR) is 64.0 cm³/mol. The summed E-state index contributed by atoms with van der Waals surface area (Å²) in [5.41, 5.74) is 0.526. The highest BCUT2D eigenvalue weighted by Crippen LogP contribution is 2.41. The van der Waals surface area contributed by atoms with Crippen LogP contribution in [0.25, 0.3) is 0 Å². The summed E-state index contributed by atoms with van der Waals surface area (Å²) in [4.78, 5) is 11.6. The van der Waals surface area contributed by atoms with Crippen molar-refractivity contribution in [2.75, 3.05) is 0 Å². The third kappa shape index (κ3) is 2.47. The summed E-state index contributed by atoms with van der Waals surface area (Å²) in [5, 5.41) is 0. The number of hydrogen-bond donors (Lipinski definition) is 0. The molecule has 2 aliphatic rings. The van der Waals surface area contributed by atoms with E-state index in [2.05, 4.69) is 6.58 Å². The first-order chi connectivity index (χ1) is 7.68. The normalized spacial score (nSPS) is 33.9. The second kappa shape index (κ2) is 5.03. The molecule has 0 heterocycles. The molecule has 0 radical (unpaired) electrons. The van der Waals surface area contributed by atoms with Gasteiger partial charge in [0.15, 0.2) is 0 Å². The van der Waals surface area contributed by atoms with E-state index in [0.29, 0.717) is 11.5 Å². The molecular formula is C14H22O2. The Balaban J connectivity index is 1.97. The Kier molecular flexibility index (Phi) is 3.67. The molecule has 0 aliphatic heterocycles. The molecule has 2 fully saturated rings. The molecule has 2 heteroatoms. The molecule has 0 aromatic carbocycles. The fraction of sp³-hybridized carbons (Fsp3) is 0.786. The van der Waals surface area contributed by atoms with Gasteiger partial charge in [-0.3, -0.25) is 0 Å². The number of rotatable bonds is 2. The number of carbonyl (C=O) groups is 1. The Morgan fingerprint density at radius 1 is 1.12 bits per heavy atom. The molecule has 2 rings (SSSR count). The molecule has 2 unspecified atom stereocenters. The van der Waals surface area contributed by atoms with Crippen LogP contribution in [0, 0.1) is 11.8 Å². The van der Waals surface area contributed by atoms with E-state index in [1.807, 2.05) is 0 Å². The summed E-state index contributed by atoms with van der Waals surface area (Å²) < 4.78 is 5.58. The van der Waals surface area contributed by atoms with Crippen LogP contribution in [0.4, 0.5) is 0 Å². The second-order valence-electron chi connectivity index (χ2n) is 5.36. The fourth-order valence-corrected chi connectivity index (χ4v) is 3.26. The van der Waals surface area contributed by atoms with E-state index in [1.165, 1.54) is 38.5 Å². The van der Waals surface area contributed by atoms with E-state index >= 15 is 0 Å². The monoisotopic (exact) mass is 222 g/mol. The molecule has 0 spiro atoms. The van der Waals surface area contributed by atoms with Crippen molar-refractivity contribution in [1.82, 2.24) is 0 Å². The largest absolute Gasteiger partial charge is 0.459 e. The SMILES string of the molecule is C=C(C)C(=O)O[C@@H]1CCCC2CCCCC21. The lowest BCUT2D eigenvalue weighted by Gasteiger charge is -2.40. The zero-order valence-electron chi connectivity index (χ0n) is 10.2. The zero-order valence-corrected chi connectivity index (χ0v) is 10.2. The van der Waals surface area contributed by atoms with Gasteiger partial charge in [0.1, 0.15) is 6.10 Å². The average Bonchev–Trinajstić information content (AvgIpc) is 2.29. The summed E-state index contributed by atoms with van der Waals surface area (Å²) in [6, 6.07) is 0. The molecule has 0 N–H and O–H groups in total. The Bertz CT molecular complexity index is 280. The van der Waals surface area contributed by atoms with Crippen LogP contribution in [-0.4, -0.2) is 12.1 Å². The molecular weight excluding hydrogens is 200 g/mol. The number of esters is 1. The minimum Gasteiger partial charge on any atom is -0.459 e. The molecule has 0 aromatic heterocycles. The smallest absolute Gasteiger partial charge is 0.333 e. The van der Waals surface area contributed by atoms with Crippen LogP contribution in [0.2, 0.25) is 0 Å². The third-order valence-corrected chi connectivity index (χ3v) is 4.12. The van der Waals surface area contributed by atoms with Crippen LogP contribution in [0.1, 0.15) is 51.9 Å². The first-order valence-electron chi connectivity index (χ1n) is 6.55. The molecule has 2 aliphatic carbocycles. The average molecular weight is 222 g/mol. The Morgan fingerprint density at radius 2 is 1.81 bits per heavy atom. The van der Waals surface area contributed by atoms with Crippen molar-refractivity contribution in [1.29, 1.82) is 0 Å². The van der Waals surface area contributed by atoms with Crippen molar-refractivity contribution in [2.45, 2.75) is 58.0 Å². The van der Waals surface area contributed by atoms with Gasteiger partial charge in [-0.05, 0) is 44.4 Å². The number of ether oxygens (including phenoxy) is 1. The van der Waals surface area contributed by atoms with E-state index in [-0.39, 0.29) is 12.1 Å². The van der Waals surface area contributed by atoms with Gasteiger partial charge in [0.05, 0.1) is 0 Å². The van der Waals surface area contributed by atoms with Crippen LogP contribution in [-0.2, 0) is 9.53 Å². The lowest BCUT2D eigenvalue weighted by Crippen LogP contribution is -2.37. The minimum absolute atomic E-state index is 0.170. The van der Waals surface area contributed by atoms with Gasteiger partial charge in [0.25, 0.3) is 0 Å². The maximum Gasteiger partial charge on any atom is 0.333 e. The highest BCUT2D eigenvalue weighted by Gasteiger charge is 2.36. The Hall–Kier alpha value is -0.790. The van der Waals surface area contributed by atoms with Gasteiger partial charge in [0, 0.05) is 5.57 Å². The van der Waals surface area contributed by atoms with E-state index in [4.69, 9.17) is 4.74 Å². The Labute approximate surface area is 98.1 Å². The number of hydrogen-bond acceptors (Lipinski definition) is 2. The molecule has 3 atom stereocenters. The molecule has 0 bridgehead atoms. The summed E-state index contributed by atoms with van der Waals surface area (Å²) in [6.07, 6.45) is 9.04. The van der Waals surface area contributed by atoms with Crippen molar-refractivity contribution in [3.8, 4) is 0 Å². The van der Waals surface area contributed by atoms with E-state index in [1.54, 1.807) is 6.92 Å². The lowest BCUT2D eigenvalue weighted by atomic mass is 9.69. The maximum atomic E-state index is 11.6. The molecule has 0 saturated heterocycles. The number of fused-ring (bicyclic) bond motifs is 1. The molecule has 2 saturated carbocycles. The second-order valence-corrected chi connectivity index (χ2v) is 5.36. The van der Waals surface area contributed by atoms with Crippen LogP contribution >= 0.6 is 0 Å². The summed E-state index contributed by atoms with van der Waals surface area (Å²) >= 11 is 0. The van der Waals surface area contributed by atoms with E-state index < -0.39 is 0 Å². The van der Waals surface area contributed by atoms with Crippen molar-refractivity contribution < 1.29 is 9.53 Å². The predicted octanol–water partition coefficient (Wildman–Crippen LogP) is 3.46. The van der Waals surface area contributed by atoms with Crippen molar-refractivity contribution in [3.05, 3.63) is 12.2 Å². The number of carbonyl (C=O) groups excluding carboxylic acids is 1. The minimum atomic E-state index is -0.198. The highest BCUT2D eigenvalue weighted by atomic mass is 16.5. The van der Waals surface area contributed by atoms with Gasteiger partial charge >= 0.3 is 5.97 Å². The standard InChI is InChI=1S/C14H22O2/c1-10(2)14(15)16-13-9-5-7-11-6-3-4-8-12(11)13/h11-13H,1,3-9H2,2H3/t11?,12?,13-/m1/s1. The molecule has 0 aromatic rings. The molecule has 0 amide bonds. The van der Waals surface area contributed by atoms with Gasteiger partial charge in [0.2, 0.25) is 0 Å². The summed E-state index contributed by atoms with van der Waals surface area (Å²) in [5.74, 6) is 1.24. The van der Waals surface area contributed by atoms with Crippen LogP contribution in [0.15, 0.2) is 12.2 Å². The zero-order chi connectivity index (χ0) is 11.5. The van der Waals surface area contributed by atoms with Crippen molar-refractivity contribution >= 4 is 5.97 Å².